The Morgan fingerprint density at radius 2 is 2.00 bits per heavy atom. The molecular formula is C7H5Cl2FO3S. The van der Waals surface area contributed by atoms with Crippen LogP contribution in [0.2, 0.25) is 5.02 Å². The number of hydrogen-bond acceptors (Lipinski definition) is 3. The summed E-state index contributed by atoms with van der Waals surface area (Å²) in [4.78, 5) is 0. The van der Waals surface area contributed by atoms with E-state index in [1.165, 1.54) is 0 Å². The molecule has 0 atom stereocenters. The molecule has 1 N–H and O–H groups in total. The van der Waals surface area contributed by atoms with Crippen LogP contribution < -0.4 is 0 Å². The fourth-order valence-electron chi connectivity index (χ4n) is 0.893. The van der Waals surface area contributed by atoms with E-state index in [1.54, 1.807) is 0 Å². The van der Waals surface area contributed by atoms with Crippen LogP contribution in [0.3, 0.4) is 0 Å². The molecule has 7 heteroatoms. The van der Waals surface area contributed by atoms with Gasteiger partial charge in [-0.3, -0.25) is 0 Å². The molecule has 1 aromatic carbocycles. The van der Waals surface area contributed by atoms with Crippen molar-refractivity contribution in [3.8, 4) is 5.75 Å². The lowest BCUT2D eigenvalue weighted by Crippen LogP contribution is -1.99. The van der Waals surface area contributed by atoms with E-state index in [0.717, 1.165) is 12.1 Å². The average molecular weight is 259 g/mol. The van der Waals surface area contributed by atoms with Crippen molar-refractivity contribution in [1.82, 2.24) is 0 Å². The van der Waals surface area contributed by atoms with Gasteiger partial charge in [-0.1, -0.05) is 11.6 Å². The third-order valence-corrected chi connectivity index (χ3v) is 2.76. The second-order valence-corrected chi connectivity index (χ2v) is 5.72. The van der Waals surface area contributed by atoms with E-state index in [-0.39, 0.29) is 5.02 Å². The Morgan fingerprint density at radius 1 is 1.43 bits per heavy atom. The van der Waals surface area contributed by atoms with Gasteiger partial charge >= 0.3 is 0 Å². The Kier molecular flexibility index (Phi) is 3.24. The summed E-state index contributed by atoms with van der Waals surface area (Å²) in [6.07, 6.45) is 0. The van der Waals surface area contributed by atoms with Gasteiger partial charge in [0.15, 0.2) is 0 Å². The Labute approximate surface area is 89.5 Å². The number of rotatable bonds is 2. The minimum Gasteiger partial charge on any atom is -0.506 e. The van der Waals surface area contributed by atoms with Crippen LogP contribution in [0.4, 0.5) is 4.39 Å². The number of aromatic hydroxyl groups is 1. The van der Waals surface area contributed by atoms with E-state index in [2.05, 4.69) is 0 Å². The molecule has 0 unspecified atom stereocenters. The molecule has 1 aromatic rings. The van der Waals surface area contributed by atoms with E-state index in [4.69, 9.17) is 22.3 Å². The molecule has 0 spiro atoms. The monoisotopic (exact) mass is 258 g/mol. The molecule has 0 aliphatic carbocycles. The summed E-state index contributed by atoms with van der Waals surface area (Å²) in [6, 6.07) is 2.08. The second kappa shape index (κ2) is 3.92. The maximum Gasteiger partial charge on any atom is 0.237 e. The lowest BCUT2D eigenvalue weighted by atomic mass is 10.2. The van der Waals surface area contributed by atoms with Crippen LogP contribution in [-0.2, 0) is 14.8 Å². The summed E-state index contributed by atoms with van der Waals surface area (Å²) in [7, 11) is 0.990. The van der Waals surface area contributed by atoms with Crippen LogP contribution in [0.25, 0.3) is 0 Å². The highest BCUT2D eigenvalue weighted by Crippen LogP contribution is 2.31. The Balaban J connectivity index is 3.27. The highest BCUT2D eigenvalue weighted by Gasteiger charge is 2.17. The lowest BCUT2D eigenvalue weighted by Gasteiger charge is -2.04. The molecule has 0 aliphatic rings. The van der Waals surface area contributed by atoms with Crippen molar-refractivity contribution in [2.75, 3.05) is 0 Å². The number of halogens is 3. The lowest BCUT2D eigenvalue weighted by molar-refractivity contribution is 0.461. The number of benzene rings is 1. The van der Waals surface area contributed by atoms with Crippen LogP contribution in [0, 0.1) is 5.82 Å². The quantitative estimate of drug-likeness (QED) is 0.829. The van der Waals surface area contributed by atoms with E-state index in [1.807, 2.05) is 0 Å². The van der Waals surface area contributed by atoms with Gasteiger partial charge in [-0.15, -0.1) is 0 Å². The van der Waals surface area contributed by atoms with Gasteiger partial charge in [-0.25, -0.2) is 12.8 Å². The molecule has 0 heterocycles. The number of hydrogen-bond donors (Lipinski definition) is 1. The molecule has 14 heavy (non-hydrogen) atoms. The minimum atomic E-state index is -3.93. The SMILES string of the molecule is O=S(=O)(Cl)Cc1c(F)ccc(Cl)c1O. The van der Waals surface area contributed by atoms with Crippen molar-refractivity contribution in [3.63, 3.8) is 0 Å². The molecule has 0 fully saturated rings. The highest BCUT2D eigenvalue weighted by molar-refractivity contribution is 8.13. The smallest absolute Gasteiger partial charge is 0.237 e. The largest absolute Gasteiger partial charge is 0.506 e. The first-order valence-corrected chi connectivity index (χ1v) is 6.25. The molecule has 78 valence electrons. The van der Waals surface area contributed by atoms with Crippen molar-refractivity contribution in [3.05, 3.63) is 28.5 Å². The zero-order valence-electron chi connectivity index (χ0n) is 6.67. The van der Waals surface area contributed by atoms with Crippen LogP contribution in [0.5, 0.6) is 5.75 Å². The van der Waals surface area contributed by atoms with Crippen molar-refractivity contribution in [1.29, 1.82) is 0 Å². The Bertz CT molecular complexity index is 458. The zero-order chi connectivity index (χ0) is 10.9. The molecule has 0 aliphatic heterocycles. The van der Waals surface area contributed by atoms with Gasteiger partial charge in [0, 0.05) is 16.2 Å². The van der Waals surface area contributed by atoms with Gasteiger partial charge in [-0.05, 0) is 12.1 Å². The molecule has 0 radical (unpaired) electrons. The summed E-state index contributed by atoms with van der Waals surface area (Å²) in [5, 5.41) is 9.12. The standard InChI is InChI=1S/C7H5Cl2FO3S/c8-5-1-2-6(10)4(7(5)11)3-14(9,12)13/h1-2,11H,3H2. The van der Waals surface area contributed by atoms with Crippen molar-refractivity contribution >= 4 is 31.3 Å². The predicted molar refractivity (Wildman–Crippen MR) is 51.6 cm³/mol. The maximum absolute atomic E-state index is 13.0. The van der Waals surface area contributed by atoms with E-state index < -0.39 is 31.9 Å². The molecule has 1 rings (SSSR count). The Hall–Kier alpha value is -0.520. The van der Waals surface area contributed by atoms with Crippen molar-refractivity contribution < 1.29 is 17.9 Å². The van der Waals surface area contributed by atoms with E-state index in [9.17, 15) is 17.9 Å². The Morgan fingerprint density at radius 3 is 2.50 bits per heavy atom. The van der Waals surface area contributed by atoms with Crippen LogP contribution in [-0.4, -0.2) is 13.5 Å². The van der Waals surface area contributed by atoms with Gasteiger partial charge in [0.05, 0.1) is 10.8 Å². The topological polar surface area (TPSA) is 54.4 Å². The molecule has 0 saturated heterocycles. The highest BCUT2D eigenvalue weighted by atomic mass is 35.7. The zero-order valence-corrected chi connectivity index (χ0v) is 9.00. The summed E-state index contributed by atoms with van der Waals surface area (Å²) in [6.45, 7) is 0. The van der Waals surface area contributed by atoms with Crippen LogP contribution in [0.1, 0.15) is 5.56 Å². The molecule has 0 amide bonds. The molecule has 0 bridgehead atoms. The van der Waals surface area contributed by atoms with Crippen LogP contribution in [0.15, 0.2) is 12.1 Å². The van der Waals surface area contributed by atoms with Gasteiger partial charge in [0.1, 0.15) is 11.6 Å². The fourth-order valence-corrected chi connectivity index (χ4v) is 2.02. The third kappa shape index (κ3) is 2.73. The predicted octanol–water partition coefficient (Wildman–Crippen LogP) is 2.25. The summed E-state index contributed by atoms with van der Waals surface area (Å²) in [5.74, 6) is -2.26. The number of phenols is 1. The maximum atomic E-state index is 13.0. The van der Waals surface area contributed by atoms with Crippen LogP contribution >= 0.6 is 22.3 Å². The summed E-state index contributed by atoms with van der Waals surface area (Å²) in [5.41, 5.74) is -0.424. The van der Waals surface area contributed by atoms with Gasteiger partial charge in [0.25, 0.3) is 0 Å². The minimum absolute atomic E-state index is 0.123. The fraction of sp³-hybridized carbons (Fsp3) is 0.143. The van der Waals surface area contributed by atoms with Gasteiger partial charge in [-0.2, -0.15) is 0 Å². The molecule has 0 aromatic heterocycles. The second-order valence-electron chi connectivity index (χ2n) is 2.54. The van der Waals surface area contributed by atoms with Gasteiger partial charge < -0.3 is 5.11 Å². The van der Waals surface area contributed by atoms with Crippen molar-refractivity contribution in [2.45, 2.75) is 5.75 Å². The average Bonchev–Trinajstić information content (AvgIpc) is 2.04. The van der Waals surface area contributed by atoms with Gasteiger partial charge in [0.2, 0.25) is 9.05 Å². The van der Waals surface area contributed by atoms with Crippen molar-refractivity contribution in [2.24, 2.45) is 0 Å². The molecule has 3 nitrogen and oxygen atoms in total. The third-order valence-electron chi connectivity index (χ3n) is 1.49. The molecular weight excluding hydrogens is 254 g/mol. The first kappa shape index (κ1) is 11.6. The van der Waals surface area contributed by atoms with E-state index >= 15 is 0 Å². The number of phenolic OH excluding ortho intramolecular Hbond substituents is 1. The van der Waals surface area contributed by atoms with E-state index in [0.29, 0.717) is 0 Å². The first-order chi connectivity index (χ1) is 6.31. The first-order valence-electron chi connectivity index (χ1n) is 3.39. The summed E-state index contributed by atoms with van der Waals surface area (Å²) < 4.78 is 34.3. The summed E-state index contributed by atoms with van der Waals surface area (Å²) >= 11 is 5.46. The molecule has 0 saturated carbocycles. The normalized spacial score (nSPS) is 11.6.